The lowest BCUT2D eigenvalue weighted by Crippen LogP contribution is -2.06. The summed E-state index contributed by atoms with van der Waals surface area (Å²) in [7, 11) is 1.77. The maximum Gasteiger partial charge on any atom is 0.0462 e. The smallest absolute Gasteiger partial charge is 0.0462 e. The first kappa shape index (κ1) is 18.0. The summed E-state index contributed by atoms with van der Waals surface area (Å²) in [4.78, 5) is 0. The fourth-order valence-electron chi connectivity index (χ4n) is 2.63. The molecule has 1 unspecified atom stereocenters. The van der Waals surface area contributed by atoms with E-state index in [4.69, 9.17) is 4.74 Å². The van der Waals surface area contributed by atoms with Crippen LogP contribution in [0.25, 0.3) is 5.57 Å². The first-order chi connectivity index (χ1) is 10.0. The van der Waals surface area contributed by atoms with Gasteiger partial charge in [0, 0.05) is 13.7 Å². The molecule has 118 valence electrons. The Morgan fingerprint density at radius 3 is 2.43 bits per heavy atom. The molecule has 0 heterocycles. The van der Waals surface area contributed by atoms with Gasteiger partial charge >= 0.3 is 0 Å². The third kappa shape index (κ3) is 5.32. The van der Waals surface area contributed by atoms with Crippen LogP contribution >= 0.6 is 0 Å². The summed E-state index contributed by atoms with van der Waals surface area (Å²) in [6.07, 6.45) is 4.57. The van der Waals surface area contributed by atoms with Crippen molar-refractivity contribution in [2.24, 2.45) is 11.8 Å². The van der Waals surface area contributed by atoms with Crippen molar-refractivity contribution in [3.05, 3.63) is 41.5 Å². The average molecular weight is 288 g/mol. The molecule has 0 saturated heterocycles. The number of hydrogen-bond donors (Lipinski definition) is 0. The van der Waals surface area contributed by atoms with E-state index in [2.05, 4.69) is 52.5 Å². The number of aryl methyl sites for hydroxylation is 2. The lowest BCUT2D eigenvalue weighted by molar-refractivity contribution is 0.193. The summed E-state index contributed by atoms with van der Waals surface area (Å²) in [5.41, 5.74) is 5.55. The Labute approximate surface area is 131 Å². The maximum atomic E-state index is 5.14. The largest absolute Gasteiger partial charge is 0.385 e. The van der Waals surface area contributed by atoms with Gasteiger partial charge in [-0.3, -0.25) is 0 Å². The number of hydrogen-bond acceptors (Lipinski definition) is 1. The van der Waals surface area contributed by atoms with Crippen molar-refractivity contribution in [2.75, 3.05) is 13.7 Å². The van der Waals surface area contributed by atoms with Crippen LogP contribution in [0.4, 0.5) is 0 Å². The molecule has 1 aromatic carbocycles. The minimum atomic E-state index is 0.527. The van der Waals surface area contributed by atoms with Crippen LogP contribution in [0.15, 0.2) is 24.8 Å². The van der Waals surface area contributed by atoms with Crippen LogP contribution in [0.2, 0.25) is 0 Å². The Kier molecular flexibility index (Phi) is 7.74. The van der Waals surface area contributed by atoms with Crippen molar-refractivity contribution in [2.45, 2.75) is 53.4 Å². The minimum Gasteiger partial charge on any atom is -0.385 e. The molecule has 0 aliphatic heterocycles. The third-order valence-corrected chi connectivity index (χ3v) is 4.55. The molecule has 1 atom stereocenters. The zero-order chi connectivity index (χ0) is 15.8. The van der Waals surface area contributed by atoms with Crippen LogP contribution in [-0.4, -0.2) is 13.7 Å². The first-order valence-corrected chi connectivity index (χ1v) is 8.31. The zero-order valence-electron chi connectivity index (χ0n) is 14.5. The molecule has 0 saturated carbocycles. The van der Waals surface area contributed by atoms with Gasteiger partial charge in [-0.1, -0.05) is 52.5 Å². The van der Waals surface area contributed by atoms with Gasteiger partial charge in [-0.25, -0.2) is 0 Å². The Morgan fingerprint density at radius 2 is 1.86 bits per heavy atom. The number of benzene rings is 1. The van der Waals surface area contributed by atoms with Crippen LogP contribution in [0.5, 0.6) is 0 Å². The Bertz CT molecular complexity index is 445. The molecule has 0 N–H and O–H groups in total. The quantitative estimate of drug-likeness (QED) is 0.543. The average Bonchev–Trinajstić information content (AvgIpc) is 2.49. The fourth-order valence-corrected chi connectivity index (χ4v) is 2.63. The second-order valence-electron chi connectivity index (χ2n) is 6.34. The fraction of sp³-hybridized carbons (Fsp3) is 0.600. The number of allylic oxidation sites excluding steroid dienone is 1. The molecule has 0 spiro atoms. The van der Waals surface area contributed by atoms with Crippen molar-refractivity contribution in [1.82, 2.24) is 0 Å². The highest BCUT2D eigenvalue weighted by Crippen LogP contribution is 2.29. The molecular weight excluding hydrogens is 256 g/mol. The van der Waals surface area contributed by atoms with Gasteiger partial charge < -0.3 is 4.74 Å². The molecule has 1 nitrogen and oxygen atoms in total. The van der Waals surface area contributed by atoms with Gasteiger partial charge in [-0.05, 0) is 59.8 Å². The number of ether oxygens (including phenoxy) is 1. The second kappa shape index (κ2) is 9.04. The van der Waals surface area contributed by atoms with Crippen molar-refractivity contribution in [3.8, 4) is 0 Å². The standard InChI is InChI=1S/C20H32O/c1-7-18-11-12-19(17(5)16(4)15(2)3)14-20(18)10-8-9-13-21-6/h11-12,14-16H,5,7-10,13H2,1-4,6H3. The first-order valence-electron chi connectivity index (χ1n) is 8.31. The highest BCUT2D eigenvalue weighted by Gasteiger charge is 2.14. The van der Waals surface area contributed by atoms with Gasteiger partial charge in [0.15, 0.2) is 0 Å². The van der Waals surface area contributed by atoms with Gasteiger partial charge in [0.05, 0.1) is 0 Å². The van der Waals surface area contributed by atoms with E-state index >= 15 is 0 Å². The SMILES string of the molecule is C=C(c1ccc(CC)c(CCCCOC)c1)C(C)C(C)C. The highest BCUT2D eigenvalue weighted by molar-refractivity contribution is 5.66. The van der Waals surface area contributed by atoms with Crippen molar-refractivity contribution >= 4 is 5.57 Å². The van der Waals surface area contributed by atoms with E-state index in [0.717, 1.165) is 25.9 Å². The number of rotatable bonds is 9. The molecule has 0 fully saturated rings. The van der Waals surface area contributed by atoms with E-state index in [9.17, 15) is 0 Å². The van der Waals surface area contributed by atoms with Crippen LogP contribution in [0.1, 0.15) is 57.2 Å². The summed E-state index contributed by atoms with van der Waals surface area (Å²) < 4.78 is 5.14. The molecule has 1 aromatic rings. The predicted molar refractivity (Wildman–Crippen MR) is 93.7 cm³/mol. The molecular formula is C20H32O. The van der Waals surface area contributed by atoms with Gasteiger partial charge in [-0.2, -0.15) is 0 Å². The molecule has 0 aromatic heterocycles. The highest BCUT2D eigenvalue weighted by atomic mass is 16.5. The summed E-state index contributed by atoms with van der Waals surface area (Å²) in [5, 5.41) is 0. The number of methoxy groups -OCH3 is 1. The van der Waals surface area contributed by atoms with Crippen LogP contribution in [0.3, 0.4) is 0 Å². The molecule has 0 radical (unpaired) electrons. The second-order valence-corrected chi connectivity index (χ2v) is 6.34. The number of unbranched alkanes of at least 4 members (excludes halogenated alkanes) is 1. The molecule has 1 rings (SSSR count). The monoisotopic (exact) mass is 288 g/mol. The minimum absolute atomic E-state index is 0.527. The summed E-state index contributed by atoms with van der Waals surface area (Å²) >= 11 is 0. The molecule has 1 heteroatoms. The van der Waals surface area contributed by atoms with Gasteiger partial charge in [0.2, 0.25) is 0 Å². The van der Waals surface area contributed by atoms with Crippen LogP contribution < -0.4 is 0 Å². The van der Waals surface area contributed by atoms with E-state index in [1.807, 2.05) is 0 Å². The zero-order valence-corrected chi connectivity index (χ0v) is 14.5. The predicted octanol–water partition coefficient (Wildman–Crippen LogP) is 5.52. The summed E-state index contributed by atoms with van der Waals surface area (Å²) in [6, 6.07) is 6.91. The van der Waals surface area contributed by atoms with Crippen molar-refractivity contribution in [1.29, 1.82) is 0 Å². The van der Waals surface area contributed by atoms with E-state index in [-0.39, 0.29) is 0 Å². The Balaban J connectivity index is 2.86. The maximum absolute atomic E-state index is 5.14. The lowest BCUT2D eigenvalue weighted by atomic mass is 9.85. The van der Waals surface area contributed by atoms with E-state index < -0.39 is 0 Å². The third-order valence-electron chi connectivity index (χ3n) is 4.55. The lowest BCUT2D eigenvalue weighted by Gasteiger charge is -2.20. The topological polar surface area (TPSA) is 9.23 Å². The molecule has 0 amide bonds. The van der Waals surface area contributed by atoms with E-state index in [1.165, 1.54) is 28.7 Å². The van der Waals surface area contributed by atoms with Gasteiger partial charge in [-0.15, -0.1) is 0 Å². The van der Waals surface area contributed by atoms with E-state index in [0.29, 0.717) is 11.8 Å². The normalized spacial score (nSPS) is 12.7. The van der Waals surface area contributed by atoms with Gasteiger partial charge in [0.1, 0.15) is 0 Å². The Hall–Kier alpha value is -1.08. The molecule has 21 heavy (non-hydrogen) atoms. The van der Waals surface area contributed by atoms with Crippen LogP contribution in [0, 0.1) is 11.8 Å². The van der Waals surface area contributed by atoms with Crippen LogP contribution in [-0.2, 0) is 17.6 Å². The molecule has 0 aliphatic carbocycles. The molecule has 0 aliphatic rings. The summed E-state index contributed by atoms with van der Waals surface area (Å²) in [5.74, 6) is 1.16. The van der Waals surface area contributed by atoms with E-state index in [1.54, 1.807) is 7.11 Å². The Morgan fingerprint density at radius 1 is 1.14 bits per heavy atom. The summed E-state index contributed by atoms with van der Waals surface area (Å²) in [6.45, 7) is 14.2. The molecule has 0 bridgehead atoms. The van der Waals surface area contributed by atoms with Crippen molar-refractivity contribution in [3.63, 3.8) is 0 Å². The van der Waals surface area contributed by atoms with Crippen molar-refractivity contribution < 1.29 is 4.74 Å². The van der Waals surface area contributed by atoms with Gasteiger partial charge in [0.25, 0.3) is 0 Å².